The Labute approximate surface area is 198 Å². The molecule has 0 saturated heterocycles. The normalized spacial score (nSPS) is 14.9. The molecule has 178 valence electrons. The topological polar surface area (TPSA) is 77.9 Å². The van der Waals surface area contributed by atoms with Gasteiger partial charge in [-0.05, 0) is 67.9 Å². The molecule has 2 heterocycles. The van der Waals surface area contributed by atoms with E-state index in [1.807, 2.05) is 24.5 Å². The monoisotopic (exact) mass is 464 g/mol. The number of halogens is 1. The zero-order valence-corrected chi connectivity index (χ0v) is 19.3. The molecule has 0 unspecified atom stereocenters. The standard InChI is InChI=1S/C27H29FN2O4/c1-32-24-7-4-6-20-18(15-33-26(20)24)5-2-3-12-30(14-17-8-9-17)19-13-22-21(27(29)31)10-11-23(28)25(22)34-16-19/h4,6-7,10-11,13,15,17H,2-3,5,8-9,12,14,16H2,1H3,(H2,29,31). The molecule has 0 radical (unpaired) electrons. The molecule has 1 aromatic heterocycles. The first-order valence-electron chi connectivity index (χ1n) is 11.8. The molecule has 0 atom stereocenters. The van der Waals surface area contributed by atoms with Crippen LogP contribution in [0.1, 0.15) is 47.2 Å². The van der Waals surface area contributed by atoms with E-state index in [0.29, 0.717) is 11.5 Å². The first kappa shape index (κ1) is 22.3. The lowest BCUT2D eigenvalue weighted by Crippen LogP contribution is -2.31. The van der Waals surface area contributed by atoms with E-state index < -0.39 is 11.7 Å². The average Bonchev–Trinajstić information content (AvgIpc) is 3.57. The van der Waals surface area contributed by atoms with Crippen molar-refractivity contribution in [1.82, 2.24) is 4.90 Å². The molecule has 7 heteroatoms. The smallest absolute Gasteiger partial charge is 0.249 e. The van der Waals surface area contributed by atoms with E-state index in [4.69, 9.17) is 19.6 Å². The zero-order chi connectivity index (χ0) is 23.7. The number of hydrogen-bond acceptors (Lipinski definition) is 5. The molecule has 34 heavy (non-hydrogen) atoms. The lowest BCUT2D eigenvalue weighted by molar-refractivity contribution is 0.0999. The molecule has 6 nitrogen and oxygen atoms in total. The van der Waals surface area contributed by atoms with E-state index >= 15 is 0 Å². The minimum absolute atomic E-state index is 0.105. The first-order chi connectivity index (χ1) is 16.5. The summed E-state index contributed by atoms with van der Waals surface area (Å²) in [4.78, 5) is 14.2. The van der Waals surface area contributed by atoms with Gasteiger partial charge < -0.3 is 24.5 Å². The number of ether oxygens (including phenoxy) is 2. The van der Waals surface area contributed by atoms with Gasteiger partial charge in [-0.15, -0.1) is 0 Å². The van der Waals surface area contributed by atoms with Crippen LogP contribution in [0, 0.1) is 11.7 Å². The molecule has 2 aromatic carbocycles. The summed E-state index contributed by atoms with van der Waals surface area (Å²) in [6.45, 7) is 2.09. The predicted octanol–water partition coefficient (Wildman–Crippen LogP) is 5.15. The number of carbonyl (C=O) groups excluding carboxylic acids is 1. The van der Waals surface area contributed by atoms with Crippen molar-refractivity contribution in [3.05, 3.63) is 64.8 Å². The van der Waals surface area contributed by atoms with Crippen molar-refractivity contribution in [3.8, 4) is 11.5 Å². The Balaban J connectivity index is 1.29. The second kappa shape index (κ2) is 9.41. The maximum absolute atomic E-state index is 14.3. The van der Waals surface area contributed by atoms with E-state index in [1.54, 1.807) is 7.11 Å². The number of hydrogen-bond donors (Lipinski definition) is 1. The van der Waals surface area contributed by atoms with Crippen LogP contribution in [-0.4, -0.2) is 37.6 Å². The van der Waals surface area contributed by atoms with E-state index in [1.165, 1.54) is 30.5 Å². The molecule has 1 fully saturated rings. The van der Waals surface area contributed by atoms with E-state index in [2.05, 4.69) is 11.0 Å². The van der Waals surface area contributed by atoms with Gasteiger partial charge in [-0.1, -0.05) is 12.1 Å². The van der Waals surface area contributed by atoms with Gasteiger partial charge in [-0.2, -0.15) is 0 Å². The Bertz CT molecular complexity index is 1240. The molecular formula is C27H29FN2O4. The highest BCUT2D eigenvalue weighted by molar-refractivity contribution is 5.98. The molecule has 0 bridgehead atoms. The van der Waals surface area contributed by atoms with Crippen LogP contribution in [0.2, 0.25) is 0 Å². The van der Waals surface area contributed by atoms with Gasteiger partial charge in [-0.25, -0.2) is 4.39 Å². The molecule has 1 aliphatic carbocycles. The fraction of sp³-hybridized carbons (Fsp3) is 0.370. The summed E-state index contributed by atoms with van der Waals surface area (Å²) in [7, 11) is 1.65. The molecule has 1 aliphatic heterocycles. The van der Waals surface area contributed by atoms with Crippen molar-refractivity contribution in [2.75, 3.05) is 26.8 Å². The molecule has 5 rings (SSSR count). The second-order valence-electron chi connectivity index (χ2n) is 9.07. The number of rotatable bonds is 10. The van der Waals surface area contributed by atoms with Crippen molar-refractivity contribution in [2.24, 2.45) is 11.7 Å². The van der Waals surface area contributed by atoms with Crippen molar-refractivity contribution in [1.29, 1.82) is 0 Å². The summed E-state index contributed by atoms with van der Waals surface area (Å²) in [6, 6.07) is 8.60. The fourth-order valence-corrected chi connectivity index (χ4v) is 4.64. The van der Waals surface area contributed by atoms with Gasteiger partial charge in [0.25, 0.3) is 0 Å². The van der Waals surface area contributed by atoms with Crippen molar-refractivity contribution in [2.45, 2.75) is 32.1 Å². The number of carbonyl (C=O) groups is 1. The molecular weight excluding hydrogens is 435 g/mol. The number of nitrogens with two attached hydrogens (primary N) is 1. The van der Waals surface area contributed by atoms with E-state index in [9.17, 15) is 9.18 Å². The Kier molecular flexibility index (Phi) is 6.18. The maximum Gasteiger partial charge on any atom is 0.249 e. The molecule has 1 amide bonds. The van der Waals surface area contributed by atoms with Crippen LogP contribution in [-0.2, 0) is 6.42 Å². The van der Waals surface area contributed by atoms with Gasteiger partial charge in [0.1, 0.15) is 6.61 Å². The Morgan fingerprint density at radius 2 is 2.09 bits per heavy atom. The van der Waals surface area contributed by atoms with Gasteiger partial charge in [0.15, 0.2) is 22.9 Å². The number of furan rings is 1. The number of benzene rings is 2. The number of amides is 1. The van der Waals surface area contributed by atoms with Crippen LogP contribution < -0.4 is 15.2 Å². The SMILES string of the molecule is COc1cccc2c(CCCCN(CC3CC3)C3=Cc4c(C(N)=O)ccc(F)c4OC3)coc12. The van der Waals surface area contributed by atoms with Gasteiger partial charge >= 0.3 is 0 Å². The summed E-state index contributed by atoms with van der Waals surface area (Å²) < 4.78 is 31.2. The van der Waals surface area contributed by atoms with Gasteiger partial charge in [0.2, 0.25) is 5.91 Å². The molecule has 2 aliphatic rings. The van der Waals surface area contributed by atoms with Crippen LogP contribution >= 0.6 is 0 Å². The second-order valence-corrected chi connectivity index (χ2v) is 9.07. The molecule has 1 saturated carbocycles. The highest BCUT2D eigenvalue weighted by Gasteiger charge is 2.28. The fourth-order valence-electron chi connectivity index (χ4n) is 4.64. The third-order valence-corrected chi connectivity index (χ3v) is 6.66. The van der Waals surface area contributed by atoms with Crippen molar-refractivity contribution >= 4 is 23.0 Å². The number of aryl methyl sites for hydroxylation is 1. The lowest BCUT2D eigenvalue weighted by atomic mass is 10.0. The minimum atomic E-state index is -0.588. The zero-order valence-electron chi connectivity index (χ0n) is 19.3. The summed E-state index contributed by atoms with van der Waals surface area (Å²) in [5.74, 6) is 0.461. The number of methoxy groups -OCH3 is 1. The lowest BCUT2D eigenvalue weighted by Gasteiger charge is -2.31. The third kappa shape index (κ3) is 4.47. The number of para-hydroxylation sites is 1. The summed E-state index contributed by atoms with van der Waals surface area (Å²) >= 11 is 0. The van der Waals surface area contributed by atoms with Gasteiger partial charge in [-0.3, -0.25) is 4.79 Å². The quantitative estimate of drug-likeness (QED) is 0.420. The Morgan fingerprint density at radius 3 is 2.85 bits per heavy atom. The first-order valence-corrected chi connectivity index (χ1v) is 11.8. The highest BCUT2D eigenvalue weighted by Crippen LogP contribution is 2.36. The van der Waals surface area contributed by atoms with Crippen LogP contribution in [0.4, 0.5) is 4.39 Å². The van der Waals surface area contributed by atoms with Crippen LogP contribution in [0.15, 0.2) is 46.7 Å². The Hall–Kier alpha value is -3.48. The number of unbranched alkanes of at least 4 members (excludes halogenated alkanes) is 1. The number of nitrogens with zero attached hydrogens (tertiary/aromatic N) is 1. The largest absolute Gasteiger partial charge is 0.493 e. The number of fused-ring (bicyclic) bond motifs is 2. The third-order valence-electron chi connectivity index (χ3n) is 6.66. The Morgan fingerprint density at radius 1 is 1.24 bits per heavy atom. The van der Waals surface area contributed by atoms with Crippen molar-refractivity contribution < 1.29 is 23.1 Å². The predicted molar refractivity (Wildman–Crippen MR) is 128 cm³/mol. The highest BCUT2D eigenvalue weighted by atomic mass is 19.1. The average molecular weight is 465 g/mol. The van der Waals surface area contributed by atoms with Gasteiger partial charge in [0.05, 0.1) is 24.6 Å². The van der Waals surface area contributed by atoms with Crippen molar-refractivity contribution in [3.63, 3.8) is 0 Å². The molecule has 2 N–H and O–H groups in total. The summed E-state index contributed by atoms with van der Waals surface area (Å²) in [6.07, 6.45) is 9.05. The van der Waals surface area contributed by atoms with Crippen LogP contribution in [0.5, 0.6) is 11.5 Å². The summed E-state index contributed by atoms with van der Waals surface area (Å²) in [5.41, 5.74) is 9.18. The van der Waals surface area contributed by atoms with Crippen LogP contribution in [0.25, 0.3) is 17.0 Å². The van der Waals surface area contributed by atoms with Gasteiger partial charge in [0, 0.05) is 24.0 Å². The van der Waals surface area contributed by atoms with Crippen LogP contribution in [0.3, 0.4) is 0 Å². The van der Waals surface area contributed by atoms with E-state index in [0.717, 1.165) is 54.8 Å². The maximum atomic E-state index is 14.3. The number of primary amides is 1. The molecule has 3 aromatic rings. The minimum Gasteiger partial charge on any atom is -0.493 e. The van der Waals surface area contributed by atoms with E-state index in [-0.39, 0.29) is 17.9 Å². The summed E-state index contributed by atoms with van der Waals surface area (Å²) in [5, 5.41) is 1.09. The molecule has 0 spiro atoms.